The molecule has 29 heavy (non-hydrogen) atoms. The van der Waals surface area contributed by atoms with Crippen molar-refractivity contribution in [2.75, 3.05) is 12.4 Å². The highest BCUT2D eigenvalue weighted by Gasteiger charge is 2.38. The number of ether oxygens (including phenoxy) is 1. The maximum absolute atomic E-state index is 12.6. The number of amides is 4. The summed E-state index contributed by atoms with van der Waals surface area (Å²) in [5, 5.41) is 6.33. The first-order chi connectivity index (χ1) is 14.0. The lowest BCUT2D eigenvalue weighted by molar-refractivity contribution is -0.130. The van der Waals surface area contributed by atoms with Crippen molar-refractivity contribution in [2.45, 2.75) is 19.0 Å². The second-order valence-electron chi connectivity index (χ2n) is 6.81. The van der Waals surface area contributed by atoms with Crippen LogP contribution in [0, 0.1) is 0 Å². The van der Waals surface area contributed by atoms with Crippen LogP contribution in [0.25, 0.3) is 10.9 Å². The molecule has 1 aliphatic heterocycles. The van der Waals surface area contributed by atoms with Gasteiger partial charge in [0.1, 0.15) is 11.8 Å². The number of rotatable bonds is 6. The molecule has 4 amide bonds. The van der Waals surface area contributed by atoms with Gasteiger partial charge < -0.3 is 20.4 Å². The summed E-state index contributed by atoms with van der Waals surface area (Å²) in [7, 11) is 1.57. The van der Waals surface area contributed by atoms with Gasteiger partial charge in [-0.25, -0.2) is 4.79 Å². The predicted molar refractivity (Wildman–Crippen MR) is 107 cm³/mol. The van der Waals surface area contributed by atoms with Gasteiger partial charge >= 0.3 is 6.03 Å². The number of benzene rings is 2. The Bertz CT molecular complexity index is 1070. The Balaban J connectivity index is 1.37. The zero-order chi connectivity index (χ0) is 20.4. The number of nitrogens with one attached hydrogen (secondary N) is 3. The zero-order valence-corrected chi connectivity index (χ0v) is 15.8. The molecule has 0 saturated carbocycles. The normalized spacial score (nSPS) is 16.2. The molecular weight excluding hydrogens is 372 g/mol. The fraction of sp³-hybridized carbons (Fsp3) is 0.190. The van der Waals surface area contributed by atoms with Crippen LogP contribution in [-0.2, 0) is 16.1 Å². The van der Waals surface area contributed by atoms with Gasteiger partial charge in [0.05, 0.1) is 20.1 Å². The van der Waals surface area contributed by atoms with Crippen molar-refractivity contribution in [1.82, 2.24) is 15.2 Å². The third-order valence-electron chi connectivity index (χ3n) is 4.83. The van der Waals surface area contributed by atoms with Crippen molar-refractivity contribution in [1.29, 1.82) is 0 Å². The molecule has 1 fully saturated rings. The first-order valence-corrected chi connectivity index (χ1v) is 9.15. The molecule has 1 saturated heterocycles. The van der Waals surface area contributed by atoms with Gasteiger partial charge in [-0.3, -0.25) is 14.5 Å². The number of aromatic nitrogens is 1. The maximum Gasteiger partial charge on any atom is 0.325 e. The van der Waals surface area contributed by atoms with E-state index < -0.39 is 18.0 Å². The molecular formula is C21H20N4O4. The van der Waals surface area contributed by atoms with Crippen molar-refractivity contribution in [3.63, 3.8) is 0 Å². The second-order valence-corrected chi connectivity index (χ2v) is 6.81. The number of anilines is 1. The van der Waals surface area contributed by atoms with E-state index in [0.29, 0.717) is 11.4 Å². The van der Waals surface area contributed by atoms with Gasteiger partial charge in [0.25, 0.3) is 5.91 Å². The molecule has 0 spiro atoms. The Hall–Kier alpha value is -3.81. The third-order valence-corrected chi connectivity index (χ3v) is 4.83. The van der Waals surface area contributed by atoms with Crippen LogP contribution in [0.2, 0.25) is 0 Å². The number of imide groups is 1. The highest BCUT2D eigenvalue weighted by molar-refractivity contribution is 6.07. The first-order valence-electron chi connectivity index (χ1n) is 9.15. The smallest absolute Gasteiger partial charge is 0.325 e. The number of aromatic amines is 1. The van der Waals surface area contributed by atoms with Crippen LogP contribution >= 0.6 is 0 Å². The first kappa shape index (κ1) is 18.5. The summed E-state index contributed by atoms with van der Waals surface area (Å²) in [5.41, 5.74) is 2.39. The van der Waals surface area contributed by atoms with Gasteiger partial charge in [-0.05, 0) is 42.0 Å². The lowest BCUT2D eigenvalue weighted by atomic mass is 10.1. The Morgan fingerprint density at radius 1 is 1.14 bits per heavy atom. The Kier molecular flexibility index (Phi) is 4.90. The Morgan fingerprint density at radius 2 is 1.93 bits per heavy atom. The highest BCUT2D eigenvalue weighted by atomic mass is 16.5. The molecule has 0 radical (unpaired) electrons. The summed E-state index contributed by atoms with van der Waals surface area (Å²) >= 11 is 0. The molecule has 4 rings (SSSR count). The van der Waals surface area contributed by atoms with Crippen LogP contribution in [0.5, 0.6) is 5.75 Å². The average Bonchev–Trinajstić information content (AvgIpc) is 3.28. The molecule has 1 atom stereocenters. The monoisotopic (exact) mass is 392 g/mol. The van der Waals surface area contributed by atoms with Crippen molar-refractivity contribution in [2.24, 2.45) is 0 Å². The minimum Gasteiger partial charge on any atom is -0.497 e. The van der Waals surface area contributed by atoms with Crippen LogP contribution < -0.4 is 15.4 Å². The van der Waals surface area contributed by atoms with Crippen LogP contribution in [0.1, 0.15) is 12.0 Å². The van der Waals surface area contributed by atoms with E-state index in [1.54, 1.807) is 37.4 Å². The lowest BCUT2D eigenvalue weighted by Crippen LogP contribution is -2.34. The largest absolute Gasteiger partial charge is 0.497 e. The number of methoxy groups -OCH3 is 1. The van der Waals surface area contributed by atoms with Crippen LogP contribution in [0.15, 0.2) is 54.7 Å². The molecule has 3 N–H and O–H groups in total. The van der Waals surface area contributed by atoms with E-state index in [4.69, 9.17) is 4.74 Å². The molecule has 1 aromatic heterocycles. The number of hydrogen-bond donors (Lipinski definition) is 3. The van der Waals surface area contributed by atoms with Gasteiger partial charge in [-0.2, -0.15) is 0 Å². The van der Waals surface area contributed by atoms with Gasteiger partial charge in [-0.1, -0.05) is 12.1 Å². The van der Waals surface area contributed by atoms with Gasteiger partial charge in [0.15, 0.2) is 0 Å². The number of H-pyrrole nitrogens is 1. The summed E-state index contributed by atoms with van der Waals surface area (Å²) in [6, 6.07) is 13.1. The fourth-order valence-corrected chi connectivity index (χ4v) is 3.31. The Labute approximate surface area is 166 Å². The number of carbonyl (C=O) groups is 3. The van der Waals surface area contributed by atoms with E-state index >= 15 is 0 Å². The quantitative estimate of drug-likeness (QED) is 0.561. The number of hydrogen-bond acceptors (Lipinski definition) is 4. The lowest BCUT2D eigenvalue weighted by Gasteiger charge is -2.13. The maximum atomic E-state index is 12.6. The number of carbonyl (C=O) groups excluding carboxylic acids is 3. The molecule has 2 heterocycles. The van der Waals surface area contributed by atoms with Crippen LogP contribution in [0.4, 0.5) is 10.5 Å². The standard InChI is InChI=1S/C21H20N4O4/c1-29-16-5-2-13(3-6-16)12-25-20(27)18(24-21(25)28)11-19(26)23-15-4-7-17-14(10-15)8-9-22-17/h2-10,18,22H,11-12H2,1H3,(H,23,26)(H,24,28)/t18-/m0/s1. The SMILES string of the molecule is COc1ccc(CN2C(=O)N[C@@H](CC(=O)Nc3ccc4[nH]ccc4c3)C2=O)cc1. The fourth-order valence-electron chi connectivity index (χ4n) is 3.31. The molecule has 1 aliphatic rings. The van der Waals surface area contributed by atoms with Crippen LogP contribution in [0.3, 0.4) is 0 Å². The van der Waals surface area contributed by atoms with Gasteiger partial charge in [0.2, 0.25) is 5.91 Å². The molecule has 0 unspecified atom stereocenters. The molecule has 2 aromatic carbocycles. The van der Waals surface area contributed by atoms with Crippen molar-refractivity contribution in [3.05, 3.63) is 60.3 Å². The van der Waals surface area contributed by atoms with Crippen molar-refractivity contribution >= 4 is 34.4 Å². The van der Waals surface area contributed by atoms with Crippen LogP contribution in [-0.4, -0.2) is 40.9 Å². The van der Waals surface area contributed by atoms with E-state index in [9.17, 15) is 14.4 Å². The second kappa shape index (κ2) is 7.67. The molecule has 8 heteroatoms. The average molecular weight is 392 g/mol. The number of nitrogens with zero attached hydrogens (tertiary/aromatic N) is 1. The minimum atomic E-state index is -0.878. The molecule has 148 valence electrons. The predicted octanol–water partition coefficient (Wildman–Crippen LogP) is 2.63. The van der Waals surface area contributed by atoms with Crippen molar-refractivity contribution < 1.29 is 19.1 Å². The number of urea groups is 1. The van der Waals surface area contributed by atoms with E-state index in [0.717, 1.165) is 21.4 Å². The number of fused-ring (bicyclic) bond motifs is 1. The summed E-state index contributed by atoms with van der Waals surface area (Å²) in [4.78, 5) is 41.4. The molecule has 8 nitrogen and oxygen atoms in total. The summed E-state index contributed by atoms with van der Waals surface area (Å²) in [6.45, 7) is 0.136. The third kappa shape index (κ3) is 3.91. The minimum absolute atomic E-state index is 0.130. The van der Waals surface area contributed by atoms with E-state index in [1.165, 1.54) is 0 Å². The molecule has 0 aliphatic carbocycles. The topological polar surface area (TPSA) is 104 Å². The van der Waals surface area contributed by atoms with E-state index in [-0.39, 0.29) is 18.9 Å². The summed E-state index contributed by atoms with van der Waals surface area (Å²) < 4.78 is 5.10. The summed E-state index contributed by atoms with van der Waals surface area (Å²) in [5.74, 6) is -0.0646. The van der Waals surface area contributed by atoms with Crippen molar-refractivity contribution in [3.8, 4) is 5.75 Å². The van der Waals surface area contributed by atoms with E-state index in [2.05, 4.69) is 15.6 Å². The van der Waals surface area contributed by atoms with E-state index in [1.807, 2.05) is 24.4 Å². The summed E-state index contributed by atoms with van der Waals surface area (Å²) in [6.07, 6.45) is 1.69. The Morgan fingerprint density at radius 3 is 2.69 bits per heavy atom. The highest BCUT2D eigenvalue weighted by Crippen LogP contribution is 2.20. The van der Waals surface area contributed by atoms with Gasteiger partial charge in [0, 0.05) is 22.8 Å². The van der Waals surface area contributed by atoms with Gasteiger partial charge in [-0.15, -0.1) is 0 Å². The molecule has 3 aromatic rings. The molecule has 0 bridgehead atoms. The zero-order valence-electron chi connectivity index (χ0n) is 15.8.